The average Bonchev–Trinajstić information content (AvgIpc) is 1.60. The fourth-order valence-corrected chi connectivity index (χ4v) is 15.0. The van der Waals surface area contributed by atoms with E-state index in [4.69, 9.17) is 42.9 Å². The van der Waals surface area contributed by atoms with Gasteiger partial charge in [-0.25, -0.2) is 28.6 Å². The minimum atomic E-state index is -2.08. The number of anilines is 1. The monoisotopic (exact) mass is 1580 g/mol. The first kappa shape index (κ1) is 81.5. The Morgan fingerprint density at radius 3 is 1.98 bits per heavy atom. The second-order valence-corrected chi connectivity index (χ2v) is 28.1. The minimum absolute atomic E-state index is 0.0305. The Labute approximate surface area is 655 Å². The summed E-state index contributed by atoms with van der Waals surface area (Å²) < 4.78 is 60.4. The average molecular weight is 1580 g/mol. The second-order valence-electron chi connectivity index (χ2n) is 28.1. The Kier molecular flexibility index (Phi) is 25.1. The Morgan fingerprint density at radius 2 is 1.31 bits per heavy atom. The van der Waals surface area contributed by atoms with Crippen LogP contribution in [0.25, 0.3) is 33.4 Å². The van der Waals surface area contributed by atoms with Gasteiger partial charge in [0.1, 0.15) is 37.7 Å². The molecule has 7 aromatic rings. The zero-order valence-corrected chi connectivity index (χ0v) is 63.3. The topological polar surface area (TPSA) is 447 Å². The number of nitrogens with zero attached hydrogens (tertiary/aromatic N) is 2. The first-order valence-electron chi connectivity index (χ1n) is 37.1. The van der Waals surface area contributed by atoms with E-state index in [9.17, 15) is 72.2 Å². The highest BCUT2D eigenvalue weighted by atomic mass is 19.1. The van der Waals surface area contributed by atoms with Crippen LogP contribution in [0, 0.1) is 12.7 Å². The van der Waals surface area contributed by atoms with Crippen LogP contribution in [0.2, 0.25) is 0 Å². The summed E-state index contributed by atoms with van der Waals surface area (Å²) in [7, 11) is 0.992. The van der Waals surface area contributed by atoms with Crippen LogP contribution in [-0.2, 0) is 129 Å². The summed E-state index contributed by atoms with van der Waals surface area (Å²) in [4.78, 5) is 191. The van der Waals surface area contributed by atoms with Crippen LogP contribution in [0.4, 0.5) is 19.7 Å². The largest absolute Gasteiger partial charge is 0.467 e. The number of aliphatic hydroxyl groups is 1. The summed E-state index contributed by atoms with van der Waals surface area (Å²) in [5, 5.41) is 32.6. The van der Waals surface area contributed by atoms with Crippen LogP contribution >= 0.6 is 0 Å². The smallest absolute Gasteiger partial charge is 0.407 e. The number of amides is 8. The number of hydrogen-bond donors (Lipinski definition) is 9. The predicted octanol–water partition coefficient (Wildman–Crippen LogP) is 4.34. The van der Waals surface area contributed by atoms with Gasteiger partial charge in [-0.2, -0.15) is 0 Å². The van der Waals surface area contributed by atoms with Crippen molar-refractivity contribution in [3.8, 4) is 22.5 Å². The van der Waals surface area contributed by atoms with Crippen molar-refractivity contribution in [3.05, 3.63) is 187 Å². The van der Waals surface area contributed by atoms with Gasteiger partial charge in [0.15, 0.2) is 36.2 Å². The van der Waals surface area contributed by atoms with E-state index in [1.54, 1.807) is 74.5 Å². The van der Waals surface area contributed by atoms with E-state index in [1.807, 2.05) is 48.5 Å². The maximum atomic E-state index is 15.5. The van der Waals surface area contributed by atoms with Crippen molar-refractivity contribution in [2.45, 2.75) is 160 Å². The zero-order valence-electron chi connectivity index (χ0n) is 63.3. The fraction of sp³-hybridized carbons (Fsp3) is 0.370. The molecule has 0 unspecified atom stereocenters. The Hall–Kier alpha value is -13.0. The number of aromatic nitrogens is 2. The molecule has 3 aliphatic heterocycles. The SMILES string of the molecule is CC[C@@]1(O)C(=O)OCc2c1cc1n(c2=O)Cc2c-1nc1cc(F)c(C)c3c1c2[C@@H](NC(=O)OCc1ccc(NC(=O)CNC(=O)[C@H](Cc2ccccc2)NC(=O)CNC(=O)CNC(=O)[C@H](CCCC(=O)N[C@H]2O[C@H](C(=O)OC)[C@@H](OC(C)=O)[C@H](OC(C)=O)[C@H]2OC(C)=O)NC(=O)OCC2c4ccccc4-c4ccccc42)cc1)CC3. The maximum Gasteiger partial charge on any atom is 0.407 e. The fourth-order valence-electron chi connectivity index (χ4n) is 15.0. The van der Waals surface area contributed by atoms with Crippen LogP contribution in [0.1, 0.15) is 127 Å². The van der Waals surface area contributed by atoms with Crippen molar-refractivity contribution >= 4 is 94.1 Å². The van der Waals surface area contributed by atoms with Crippen LogP contribution in [0.3, 0.4) is 0 Å². The summed E-state index contributed by atoms with van der Waals surface area (Å²) in [5.74, 6) is -10.7. The molecule has 0 spiro atoms. The molecule has 5 aliphatic rings. The zero-order chi connectivity index (χ0) is 82.1. The number of carbonyl (C=O) groups is 13. The van der Waals surface area contributed by atoms with E-state index < -0.39 is 169 Å². The summed E-state index contributed by atoms with van der Waals surface area (Å²) in [6.45, 7) is 3.54. The molecule has 602 valence electrons. The van der Waals surface area contributed by atoms with Crippen molar-refractivity contribution in [3.63, 3.8) is 0 Å². The standard InChI is InChI=1S/C81H83FN10O23/c1-7-81(107)55-31-61-68-52(36-92(61)76(102)54(55)39-109-78(81)104)67-57(29-28-47-40(2)56(82)32-59(88-68)66(47)67)89-79(105)110-37-45-24-26-46(27-25-45)86-64(98)35-85-74(101)60(30-44-16-9-8-10-17-44)87-65(99)34-83-63(97)33-84-73(100)58(90-80(106)111-38-53-50-20-13-11-18-48(50)49-19-12-14-21-51(49)53)22-15-23-62(96)91-75-71(114-43(5)95)69(112-41(3)93)70(113-42(4)94)72(115-75)77(103)108-6/h8-14,16-21,24-27,31-32,53,57-58,60,69-72,75,107H,7,15,22-23,28-30,33-39H2,1-6H3,(H,83,97)(H,84,100)(H,85,101)(H,86,98)(H,87,99)(H,89,105)(H,90,106)(H,91,96)/t57-,58-,60-,69-,70-,71+,72-,75-,81-/m0/s1. The van der Waals surface area contributed by atoms with E-state index in [2.05, 4.69) is 42.5 Å². The number of benzene rings is 5. The molecule has 0 bridgehead atoms. The molecule has 2 aromatic heterocycles. The number of fused-ring (bicyclic) bond motifs is 8. The number of pyridine rings is 2. The predicted molar refractivity (Wildman–Crippen MR) is 401 cm³/mol. The molecular weight excluding hydrogens is 1500 g/mol. The lowest BCUT2D eigenvalue weighted by molar-refractivity contribution is -0.252. The number of hydrogen-bond acceptors (Lipinski definition) is 24. The molecule has 2 aliphatic carbocycles. The number of alkyl carbamates (subject to hydrolysis) is 2. The summed E-state index contributed by atoms with van der Waals surface area (Å²) in [6.07, 6.45) is -10.9. The molecule has 12 rings (SSSR count). The highest BCUT2D eigenvalue weighted by molar-refractivity contribution is 5.98. The van der Waals surface area contributed by atoms with Crippen molar-refractivity contribution < 1.29 is 110 Å². The number of ether oxygens (including phenoxy) is 8. The molecule has 0 radical (unpaired) electrons. The summed E-state index contributed by atoms with van der Waals surface area (Å²) in [6, 6.07) is 29.4. The second kappa shape index (κ2) is 35.4. The number of cyclic esters (lactones) is 1. The summed E-state index contributed by atoms with van der Waals surface area (Å²) in [5.41, 5.74) is 6.11. The van der Waals surface area contributed by atoms with Gasteiger partial charge in [0.05, 0.1) is 61.8 Å². The van der Waals surface area contributed by atoms with Crippen molar-refractivity contribution in [1.29, 1.82) is 0 Å². The normalized spacial score (nSPS) is 19.1. The van der Waals surface area contributed by atoms with Gasteiger partial charge in [0.25, 0.3) is 5.56 Å². The molecule has 1 saturated heterocycles. The Morgan fingerprint density at radius 1 is 0.678 bits per heavy atom. The molecule has 0 saturated carbocycles. The molecule has 115 heavy (non-hydrogen) atoms. The van der Waals surface area contributed by atoms with Gasteiger partial charge in [0.2, 0.25) is 35.4 Å². The van der Waals surface area contributed by atoms with Gasteiger partial charge >= 0.3 is 42.0 Å². The lowest BCUT2D eigenvalue weighted by Gasteiger charge is -2.43. The third-order valence-electron chi connectivity index (χ3n) is 20.5. The van der Waals surface area contributed by atoms with Gasteiger partial charge in [-0.05, 0) is 107 Å². The molecule has 34 heteroatoms. The highest BCUT2D eigenvalue weighted by Gasteiger charge is 2.55. The molecule has 33 nitrogen and oxygen atoms in total. The third-order valence-corrected chi connectivity index (χ3v) is 20.5. The van der Waals surface area contributed by atoms with Crippen molar-refractivity contribution in [2.75, 3.05) is 38.7 Å². The third kappa shape index (κ3) is 18.2. The van der Waals surface area contributed by atoms with Crippen LogP contribution in [-0.4, -0.2) is 168 Å². The van der Waals surface area contributed by atoms with Crippen molar-refractivity contribution in [2.24, 2.45) is 0 Å². The first-order valence-corrected chi connectivity index (χ1v) is 37.1. The number of aryl methyl sites for hydroxylation is 1. The number of nitrogens with one attached hydrogen (secondary N) is 8. The van der Waals surface area contributed by atoms with E-state index in [0.29, 0.717) is 74.2 Å². The molecular formula is C81H83FN10O23. The minimum Gasteiger partial charge on any atom is -0.467 e. The van der Waals surface area contributed by atoms with E-state index in [-0.39, 0.29) is 69.1 Å². The van der Waals surface area contributed by atoms with Crippen molar-refractivity contribution in [1.82, 2.24) is 46.8 Å². The van der Waals surface area contributed by atoms with E-state index in [0.717, 1.165) is 50.1 Å². The summed E-state index contributed by atoms with van der Waals surface area (Å²) >= 11 is 0. The van der Waals surface area contributed by atoms with Gasteiger partial charge < -0.3 is 90.1 Å². The number of esters is 5. The molecule has 5 heterocycles. The molecule has 9 N–H and O–H groups in total. The van der Waals surface area contributed by atoms with Gasteiger partial charge in [0, 0.05) is 67.8 Å². The molecule has 1 fully saturated rings. The quantitative estimate of drug-likeness (QED) is 0.0243. The Balaban J connectivity index is 0.635. The molecule has 5 aromatic carbocycles. The van der Waals surface area contributed by atoms with Crippen LogP contribution < -0.4 is 48.1 Å². The number of halogens is 1. The van der Waals surface area contributed by atoms with Gasteiger partial charge in [-0.1, -0.05) is 97.9 Å². The first-order chi connectivity index (χ1) is 55.1. The number of rotatable bonds is 28. The highest BCUT2D eigenvalue weighted by Crippen LogP contribution is 2.47. The van der Waals surface area contributed by atoms with Gasteiger partial charge in [-0.15, -0.1) is 0 Å². The van der Waals surface area contributed by atoms with E-state index >= 15 is 4.39 Å². The van der Waals surface area contributed by atoms with Crippen LogP contribution in [0.15, 0.2) is 120 Å². The van der Waals surface area contributed by atoms with Crippen LogP contribution in [0.5, 0.6) is 0 Å². The van der Waals surface area contributed by atoms with E-state index in [1.165, 1.54) is 10.6 Å². The molecule has 8 amide bonds. The number of carbonyl (C=O) groups excluding carboxylic acids is 13. The maximum absolute atomic E-state index is 15.5. The lowest BCUT2D eigenvalue weighted by Crippen LogP contribution is -2.67. The Bertz CT molecular complexity index is 5070. The number of methoxy groups -OCH3 is 1. The lowest BCUT2D eigenvalue weighted by atomic mass is 9.81. The van der Waals surface area contributed by atoms with Gasteiger partial charge in [-0.3, -0.25) is 47.9 Å². The molecule has 9 atom stereocenters.